The van der Waals surface area contributed by atoms with Crippen LogP contribution in [0.2, 0.25) is 0 Å². The molecule has 0 saturated carbocycles. The number of aromatic nitrogens is 2. The van der Waals surface area contributed by atoms with Crippen LogP contribution in [0.4, 0.5) is 11.5 Å². The van der Waals surface area contributed by atoms with Gasteiger partial charge in [0.1, 0.15) is 30.3 Å². The molecule has 28 heavy (non-hydrogen) atoms. The molecule has 0 unspecified atom stereocenters. The van der Waals surface area contributed by atoms with Gasteiger partial charge in [0.05, 0.1) is 12.6 Å². The van der Waals surface area contributed by atoms with Crippen molar-refractivity contribution in [3.05, 3.63) is 84.7 Å². The van der Waals surface area contributed by atoms with E-state index in [-0.39, 0.29) is 12.4 Å². The van der Waals surface area contributed by atoms with Gasteiger partial charge < -0.3 is 14.8 Å². The molecule has 1 aromatic heterocycles. The second kappa shape index (κ2) is 9.06. The van der Waals surface area contributed by atoms with E-state index in [0.717, 1.165) is 39.5 Å². The van der Waals surface area contributed by atoms with Crippen molar-refractivity contribution in [2.75, 3.05) is 12.4 Å². The summed E-state index contributed by atoms with van der Waals surface area (Å²) in [6, 6.07) is 23.6. The number of hydrogen-bond donors (Lipinski definition) is 1. The third-order valence-corrected chi connectivity index (χ3v) is 4.21. The van der Waals surface area contributed by atoms with Gasteiger partial charge in [-0.15, -0.1) is 12.4 Å². The molecule has 4 aromatic rings. The van der Waals surface area contributed by atoms with E-state index in [0.29, 0.717) is 6.61 Å². The first kappa shape index (κ1) is 19.5. The molecule has 0 saturated heterocycles. The number of anilines is 2. The highest BCUT2D eigenvalue weighted by Crippen LogP contribution is 2.27. The molecule has 0 bridgehead atoms. The smallest absolute Gasteiger partial charge is 0.141 e. The van der Waals surface area contributed by atoms with E-state index < -0.39 is 0 Å². The Balaban J connectivity index is 0.00000225. The lowest BCUT2D eigenvalue weighted by Gasteiger charge is -2.11. The highest BCUT2D eigenvalue weighted by atomic mass is 35.5. The first-order valence-corrected chi connectivity index (χ1v) is 8.64. The number of fused-ring (bicyclic) bond motifs is 1. The summed E-state index contributed by atoms with van der Waals surface area (Å²) in [6.07, 6.45) is 1.55. The number of ether oxygens (including phenoxy) is 2. The number of nitrogens with one attached hydrogen (secondary N) is 1. The number of methoxy groups -OCH3 is 1. The first-order valence-electron chi connectivity index (χ1n) is 8.64. The fraction of sp³-hybridized carbons (Fsp3) is 0.0909. The Hall–Kier alpha value is -3.31. The third-order valence-electron chi connectivity index (χ3n) is 4.21. The average molecular weight is 394 g/mol. The molecular weight excluding hydrogens is 374 g/mol. The molecule has 0 aliphatic carbocycles. The normalized spacial score (nSPS) is 10.2. The quantitative estimate of drug-likeness (QED) is 0.476. The van der Waals surface area contributed by atoms with Crippen LogP contribution in [-0.4, -0.2) is 17.1 Å². The Morgan fingerprint density at radius 1 is 0.857 bits per heavy atom. The summed E-state index contributed by atoms with van der Waals surface area (Å²) in [4.78, 5) is 8.67. The molecule has 0 atom stereocenters. The predicted octanol–water partition coefficient (Wildman–Crippen LogP) is 5.38. The molecule has 1 N–H and O–H groups in total. The summed E-state index contributed by atoms with van der Waals surface area (Å²) < 4.78 is 11.1. The highest BCUT2D eigenvalue weighted by molar-refractivity contribution is 5.91. The van der Waals surface area contributed by atoms with E-state index in [4.69, 9.17) is 9.47 Å². The van der Waals surface area contributed by atoms with Gasteiger partial charge in [0.25, 0.3) is 0 Å². The zero-order chi connectivity index (χ0) is 18.5. The zero-order valence-electron chi connectivity index (χ0n) is 15.3. The van der Waals surface area contributed by atoms with Crippen molar-refractivity contribution in [2.24, 2.45) is 0 Å². The van der Waals surface area contributed by atoms with Crippen molar-refractivity contribution in [1.29, 1.82) is 0 Å². The monoisotopic (exact) mass is 393 g/mol. The maximum Gasteiger partial charge on any atom is 0.141 e. The number of halogens is 1. The van der Waals surface area contributed by atoms with Gasteiger partial charge >= 0.3 is 0 Å². The van der Waals surface area contributed by atoms with Crippen LogP contribution < -0.4 is 14.8 Å². The summed E-state index contributed by atoms with van der Waals surface area (Å²) in [5.74, 6) is 2.32. The molecule has 0 aliphatic heterocycles. The van der Waals surface area contributed by atoms with Crippen molar-refractivity contribution in [2.45, 2.75) is 6.61 Å². The molecule has 0 amide bonds. The number of hydrogen-bond acceptors (Lipinski definition) is 5. The van der Waals surface area contributed by atoms with Crippen LogP contribution in [-0.2, 0) is 6.61 Å². The van der Waals surface area contributed by atoms with Gasteiger partial charge in [-0.25, -0.2) is 9.97 Å². The zero-order valence-corrected chi connectivity index (χ0v) is 16.1. The fourth-order valence-electron chi connectivity index (χ4n) is 2.77. The van der Waals surface area contributed by atoms with E-state index >= 15 is 0 Å². The Morgan fingerprint density at radius 2 is 1.61 bits per heavy atom. The summed E-state index contributed by atoms with van der Waals surface area (Å²) in [6.45, 7) is 0.546. The number of nitrogens with zero attached hydrogens (tertiary/aromatic N) is 2. The van der Waals surface area contributed by atoms with Crippen LogP contribution in [0, 0.1) is 0 Å². The van der Waals surface area contributed by atoms with E-state index in [1.165, 1.54) is 0 Å². The fourth-order valence-corrected chi connectivity index (χ4v) is 2.77. The summed E-state index contributed by atoms with van der Waals surface area (Å²) in [5, 5.41) is 4.24. The Bertz CT molecular complexity index is 1040. The van der Waals surface area contributed by atoms with Crippen LogP contribution in [0.15, 0.2) is 79.1 Å². The molecule has 3 aromatic carbocycles. The Labute approximate surface area is 169 Å². The second-order valence-electron chi connectivity index (χ2n) is 6.03. The number of rotatable bonds is 6. The molecule has 0 aliphatic rings. The topological polar surface area (TPSA) is 56.3 Å². The van der Waals surface area contributed by atoms with E-state index in [1.807, 2.05) is 72.8 Å². The summed E-state index contributed by atoms with van der Waals surface area (Å²) >= 11 is 0. The van der Waals surface area contributed by atoms with Gasteiger partial charge in [-0.05, 0) is 48.0 Å². The molecule has 142 valence electrons. The average Bonchev–Trinajstić information content (AvgIpc) is 2.74. The van der Waals surface area contributed by atoms with Gasteiger partial charge in [-0.3, -0.25) is 0 Å². The van der Waals surface area contributed by atoms with Crippen LogP contribution in [0.1, 0.15) is 5.56 Å². The van der Waals surface area contributed by atoms with Gasteiger partial charge in [-0.2, -0.15) is 0 Å². The molecule has 4 rings (SSSR count). The largest absolute Gasteiger partial charge is 0.497 e. The van der Waals surface area contributed by atoms with E-state index in [9.17, 15) is 0 Å². The highest BCUT2D eigenvalue weighted by Gasteiger charge is 2.06. The van der Waals surface area contributed by atoms with Gasteiger partial charge in [0, 0.05) is 11.1 Å². The second-order valence-corrected chi connectivity index (χ2v) is 6.03. The van der Waals surface area contributed by atoms with E-state index in [2.05, 4.69) is 15.3 Å². The molecule has 0 radical (unpaired) electrons. The first-order chi connectivity index (χ1) is 13.3. The van der Waals surface area contributed by atoms with Crippen molar-refractivity contribution in [1.82, 2.24) is 9.97 Å². The van der Waals surface area contributed by atoms with Crippen molar-refractivity contribution >= 4 is 34.8 Å². The predicted molar refractivity (Wildman–Crippen MR) is 114 cm³/mol. The standard InChI is InChI=1S/C22H19N3O2.ClH/c1-26-19-11-12-21-20(13-19)22(24-15-23-21)25-17-7-9-18(10-8-17)27-14-16-5-3-2-4-6-16;/h2-13,15H,14H2,1H3,(H,23,24,25);1H. The maximum atomic E-state index is 5.83. The van der Waals surface area contributed by atoms with Crippen LogP contribution in [0.25, 0.3) is 10.9 Å². The number of benzene rings is 3. The van der Waals surface area contributed by atoms with Crippen molar-refractivity contribution in [3.63, 3.8) is 0 Å². The third kappa shape index (κ3) is 4.50. The molecule has 0 fully saturated rings. The minimum absolute atomic E-state index is 0. The van der Waals surface area contributed by atoms with Crippen molar-refractivity contribution < 1.29 is 9.47 Å². The molecule has 0 spiro atoms. The van der Waals surface area contributed by atoms with Crippen LogP contribution in [0.3, 0.4) is 0 Å². The van der Waals surface area contributed by atoms with Gasteiger partial charge in [-0.1, -0.05) is 30.3 Å². The van der Waals surface area contributed by atoms with Gasteiger partial charge in [0.2, 0.25) is 0 Å². The van der Waals surface area contributed by atoms with Crippen molar-refractivity contribution in [3.8, 4) is 11.5 Å². The molecule has 6 heteroatoms. The minimum Gasteiger partial charge on any atom is -0.497 e. The lowest BCUT2D eigenvalue weighted by atomic mass is 10.2. The van der Waals surface area contributed by atoms with Gasteiger partial charge in [0.15, 0.2) is 0 Å². The maximum absolute atomic E-state index is 5.83. The summed E-state index contributed by atoms with van der Waals surface area (Å²) in [5.41, 5.74) is 2.92. The Morgan fingerprint density at radius 3 is 2.36 bits per heavy atom. The lowest BCUT2D eigenvalue weighted by Crippen LogP contribution is -1.97. The van der Waals surface area contributed by atoms with E-state index in [1.54, 1.807) is 13.4 Å². The van der Waals surface area contributed by atoms with Crippen LogP contribution in [0.5, 0.6) is 11.5 Å². The SMILES string of the molecule is COc1ccc2ncnc(Nc3ccc(OCc4ccccc4)cc3)c2c1.Cl. The molecule has 5 nitrogen and oxygen atoms in total. The Kier molecular flexibility index (Phi) is 6.29. The lowest BCUT2D eigenvalue weighted by molar-refractivity contribution is 0.306. The molecular formula is C22H20ClN3O2. The van der Waals surface area contributed by atoms with Crippen LogP contribution >= 0.6 is 12.4 Å². The summed E-state index contributed by atoms with van der Waals surface area (Å²) in [7, 11) is 1.65. The molecule has 1 heterocycles. The minimum atomic E-state index is 0.